The zero-order valence-corrected chi connectivity index (χ0v) is 26.0. The Labute approximate surface area is 272 Å². The van der Waals surface area contributed by atoms with Gasteiger partial charge in [0.2, 0.25) is 0 Å². The fraction of sp³-hybridized carbons (Fsp3) is 0.257. The molecule has 0 spiro atoms. The van der Waals surface area contributed by atoms with Crippen molar-refractivity contribution >= 4 is 23.9 Å². The monoisotopic (exact) mass is 648 g/mol. The fourth-order valence-corrected chi connectivity index (χ4v) is 3.63. The first-order valence-corrected chi connectivity index (χ1v) is 14.7. The molecule has 0 radical (unpaired) electrons. The minimum absolute atomic E-state index is 0.267. The molecule has 0 aliphatic rings. The van der Waals surface area contributed by atoms with Crippen molar-refractivity contribution in [2.45, 2.75) is 32.6 Å². The first-order chi connectivity index (χ1) is 22.8. The molecule has 12 heteroatoms. The Hall–Kier alpha value is -5.46. The fourth-order valence-electron chi connectivity index (χ4n) is 3.63. The number of ether oxygens (including phenoxy) is 4. The van der Waals surface area contributed by atoms with E-state index < -0.39 is 23.9 Å². The smallest absolute Gasteiger partial charge is 0.343 e. The van der Waals surface area contributed by atoms with Gasteiger partial charge in [0, 0.05) is 12.2 Å². The second-order valence-electron chi connectivity index (χ2n) is 9.72. The lowest BCUT2D eigenvalue weighted by molar-refractivity contribution is -0.207. The predicted molar refractivity (Wildman–Crippen MR) is 168 cm³/mol. The Morgan fingerprint density at radius 1 is 0.574 bits per heavy atom. The van der Waals surface area contributed by atoms with Crippen LogP contribution in [0, 0.1) is 6.92 Å². The molecule has 0 unspecified atom stereocenters. The first-order valence-electron chi connectivity index (χ1n) is 14.7. The third-order valence-corrected chi connectivity index (χ3v) is 6.12. The van der Waals surface area contributed by atoms with E-state index in [2.05, 4.69) is 13.2 Å². The second kappa shape index (κ2) is 19.8. The van der Waals surface area contributed by atoms with Crippen molar-refractivity contribution in [3.8, 4) is 23.0 Å². The molecular formula is C35H36O12. The van der Waals surface area contributed by atoms with Gasteiger partial charge in [-0.05, 0) is 105 Å². The number of esters is 4. The lowest BCUT2D eigenvalue weighted by Crippen LogP contribution is -2.11. The standard InChI is InChI=1S/C35H36O12/c1-4-32(36)40-20-6-8-22-42-46-28-14-10-26(11-15-28)34(38)44-30-18-19-31(25(3)24-30)45-35(39)27-12-16-29(17-13-27)47-43-23-9-7-21-41-33(37)5-2/h4-5,10-19,24H,1-2,6-9,20-23H2,3H3. The number of carbonyl (C=O) groups excluding carboxylic acids is 4. The number of rotatable bonds is 20. The summed E-state index contributed by atoms with van der Waals surface area (Å²) < 4.78 is 20.7. The summed E-state index contributed by atoms with van der Waals surface area (Å²) in [7, 11) is 0. The van der Waals surface area contributed by atoms with Crippen molar-refractivity contribution in [1.82, 2.24) is 0 Å². The maximum absolute atomic E-state index is 12.7. The number of carbonyl (C=O) groups is 4. The van der Waals surface area contributed by atoms with E-state index in [0.29, 0.717) is 59.6 Å². The lowest BCUT2D eigenvalue weighted by atomic mass is 10.2. The van der Waals surface area contributed by atoms with Gasteiger partial charge in [0.1, 0.15) is 11.5 Å². The zero-order valence-electron chi connectivity index (χ0n) is 26.0. The molecule has 47 heavy (non-hydrogen) atoms. The van der Waals surface area contributed by atoms with Crippen molar-refractivity contribution in [3.05, 3.63) is 109 Å². The van der Waals surface area contributed by atoms with E-state index in [4.69, 9.17) is 38.5 Å². The average Bonchev–Trinajstić information content (AvgIpc) is 3.08. The molecule has 0 aromatic heterocycles. The Morgan fingerprint density at radius 3 is 1.45 bits per heavy atom. The Bertz CT molecular complexity index is 1500. The van der Waals surface area contributed by atoms with Gasteiger partial charge in [-0.3, -0.25) is 0 Å². The molecule has 0 aliphatic carbocycles. The summed E-state index contributed by atoms with van der Waals surface area (Å²) in [5.41, 5.74) is 1.16. The third kappa shape index (κ3) is 13.2. The molecule has 0 bridgehead atoms. The Kier molecular flexibility index (Phi) is 15.2. The number of unbranched alkanes of at least 4 members (excludes halogenated alkanes) is 2. The van der Waals surface area contributed by atoms with Crippen LogP contribution in [0.1, 0.15) is 52.0 Å². The summed E-state index contributed by atoms with van der Waals surface area (Å²) >= 11 is 0. The summed E-state index contributed by atoms with van der Waals surface area (Å²) in [5, 5.41) is 0. The van der Waals surface area contributed by atoms with Gasteiger partial charge in [-0.15, -0.1) is 0 Å². The van der Waals surface area contributed by atoms with Gasteiger partial charge in [0.05, 0.1) is 37.6 Å². The van der Waals surface area contributed by atoms with Crippen molar-refractivity contribution in [2.75, 3.05) is 26.4 Å². The number of benzene rings is 3. The summed E-state index contributed by atoms with van der Waals surface area (Å²) in [4.78, 5) is 68.0. The molecule has 3 aromatic rings. The van der Waals surface area contributed by atoms with Crippen LogP contribution in [0.5, 0.6) is 23.0 Å². The number of aryl methyl sites for hydroxylation is 1. The highest BCUT2D eigenvalue weighted by molar-refractivity contribution is 5.92. The highest BCUT2D eigenvalue weighted by Gasteiger charge is 2.14. The van der Waals surface area contributed by atoms with Crippen LogP contribution in [0.15, 0.2) is 92.0 Å². The Balaban J connectivity index is 1.38. The normalized spacial score (nSPS) is 10.3. The predicted octanol–water partition coefficient (Wildman–Crippen LogP) is 6.07. The quantitative estimate of drug-likeness (QED) is 0.0350. The van der Waals surface area contributed by atoms with Crippen LogP contribution in [-0.4, -0.2) is 50.3 Å². The Morgan fingerprint density at radius 2 is 1.00 bits per heavy atom. The van der Waals surface area contributed by atoms with Gasteiger partial charge in [0.15, 0.2) is 11.5 Å². The molecule has 248 valence electrons. The molecule has 0 saturated heterocycles. The van der Waals surface area contributed by atoms with Gasteiger partial charge >= 0.3 is 23.9 Å². The van der Waals surface area contributed by atoms with Crippen LogP contribution < -0.4 is 19.2 Å². The summed E-state index contributed by atoms with van der Waals surface area (Å²) in [6.45, 7) is 9.48. The van der Waals surface area contributed by atoms with Crippen LogP contribution in [0.25, 0.3) is 0 Å². The van der Waals surface area contributed by atoms with E-state index in [9.17, 15) is 19.2 Å². The number of hydrogen-bond donors (Lipinski definition) is 0. The topological polar surface area (TPSA) is 142 Å². The van der Waals surface area contributed by atoms with Crippen LogP contribution in [0.4, 0.5) is 0 Å². The minimum Gasteiger partial charge on any atom is -0.463 e. The molecule has 3 aromatic carbocycles. The van der Waals surface area contributed by atoms with Gasteiger partial charge in [-0.25, -0.2) is 19.2 Å². The molecule has 0 atom stereocenters. The molecule has 3 rings (SSSR count). The van der Waals surface area contributed by atoms with E-state index in [1.165, 1.54) is 36.4 Å². The molecule has 0 heterocycles. The van der Waals surface area contributed by atoms with Crippen LogP contribution in [-0.2, 0) is 28.8 Å². The molecule has 0 aliphatic heterocycles. The average molecular weight is 649 g/mol. The van der Waals surface area contributed by atoms with Gasteiger partial charge in [-0.1, -0.05) is 13.2 Å². The summed E-state index contributed by atoms with van der Waals surface area (Å²) in [6, 6.07) is 17.1. The number of hydrogen-bond acceptors (Lipinski definition) is 12. The maximum atomic E-state index is 12.7. The molecular weight excluding hydrogens is 612 g/mol. The van der Waals surface area contributed by atoms with E-state index in [-0.39, 0.29) is 32.2 Å². The third-order valence-electron chi connectivity index (χ3n) is 6.12. The van der Waals surface area contributed by atoms with Crippen LogP contribution in [0.3, 0.4) is 0 Å². The van der Waals surface area contributed by atoms with Crippen LogP contribution >= 0.6 is 0 Å². The second-order valence-corrected chi connectivity index (χ2v) is 9.72. The van der Waals surface area contributed by atoms with Crippen molar-refractivity contribution in [3.63, 3.8) is 0 Å². The molecule has 0 fully saturated rings. The molecule has 0 N–H and O–H groups in total. The highest BCUT2D eigenvalue weighted by Crippen LogP contribution is 2.26. The van der Waals surface area contributed by atoms with Gasteiger partial charge in [-0.2, -0.15) is 9.78 Å². The van der Waals surface area contributed by atoms with Gasteiger partial charge in [0.25, 0.3) is 0 Å². The highest BCUT2D eigenvalue weighted by atomic mass is 17.2. The van der Waals surface area contributed by atoms with E-state index >= 15 is 0 Å². The summed E-state index contributed by atoms with van der Waals surface area (Å²) in [6.07, 6.45) is 4.67. The summed E-state index contributed by atoms with van der Waals surface area (Å²) in [5.74, 6) is -0.738. The van der Waals surface area contributed by atoms with Crippen molar-refractivity contribution < 1.29 is 57.7 Å². The van der Waals surface area contributed by atoms with Crippen molar-refractivity contribution in [1.29, 1.82) is 0 Å². The van der Waals surface area contributed by atoms with E-state index in [0.717, 1.165) is 12.2 Å². The first kappa shape index (κ1) is 36.0. The molecule has 0 saturated carbocycles. The van der Waals surface area contributed by atoms with E-state index in [1.54, 1.807) is 37.3 Å². The molecule has 0 amide bonds. The minimum atomic E-state index is -0.587. The van der Waals surface area contributed by atoms with E-state index in [1.807, 2.05) is 0 Å². The maximum Gasteiger partial charge on any atom is 0.343 e. The zero-order chi connectivity index (χ0) is 33.9. The van der Waals surface area contributed by atoms with Crippen LogP contribution in [0.2, 0.25) is 0 Å². The van der Waals surface area contributed by atoms with Crippen molar-refractivity contribution in [2.24, 2.45) is 0 Å². The molecule has 12 nitrogen and oxygen atoms in total. The lowest BCUT2D eigenvalue weighted by Gasteiger charge is -2.11. The largest absolute Gasteiger partial charge is 0.463 e. The SMILES string of the molecule is C=CC(=O)OCCCCOOc1ccc(C(=O)Oc2ccc(OC(=O)c3ccc(OOCCCCOC(=O)C=C)cc3)c(C)c2)cc1. The van der Waals surface area contributed by atoms with Gasteiger partial charge < -0.3 is 28.7 Å².